The van der Waals surface area contributed by atoms with Crippen molar-refractivity contribution < 1.29 is 9.53 Å². The van der Waals surface area contributed by atoms with Crippen molar-refractivity contribution in [3.8, 4) is 5.75 Å². The van der Waals surface area contributed by atoms with E-state index in [9.17, 15) is 4.79 Å². The summed E-state index contributed by atoms with van der Waals surface area (Å²) in [5.74, 6) is 1.10. The summed E-state index contributed by atoms with van der Waals surface area (Å²) in [6.45, 7) is 5.51. The van der Waals surface area contributed by atoms with Crippen molar-refractivity contribution in [1.82, 2.24) is 5.32 Å². The maximum atomic E-state index is 11.4. The van der Waals surface area contributed by atoms with Gasteiger partial charge in [-0.15, -0.1) is 0 Å². The molecule has 0 aliphatic carbocycles. The molecule has 0 saturated carbocycles. The van der Waals surface area contributed by atoms with E-state index >= 15 is 0 Å². The molecule has 0 unspecified atom stereocenters. The first-order valence-electron chi connectivity index (χ1n) is 6.33. The molecule has 1 aromatic carbocycles. The predicted molar refractivity (Wildman–Crippen MR) is 72.7 cm³/mol. The molecule has 0 atom stereocenters. The van der Waals surface area contributed by atoms with Gasteiger partial charge >= 0.3 is 0 Å². The van der Waals surface area contributed by atoms with Crippen LogP contribution in [0, 0.1) is 0 Å². The van der Waals surface area contributed by atoms with Gasteiger partial charge in [-0.25, -0.2) is 0 Å². The Labute approximate surface area is 109 Å². The molecule has 0 saturated heterocycles. The molecule has 4 nitrogen and oxygen atoms in total. The van der Waals surface area contributed by atoms with E-state index in [4.69, 9.17) is 10.5 Å². The monoisotopic (exact) mass is 250 g/mol. The molecule has 1 rings (SSSR count). The van der Waals surface area contributed by atoms with Crippen LogP contribution in [0.4, 0.5) is 0 Å². The van der Waals surface area contributed by atoms with Gasteiger partial charge < -0.3 is 15.8 Å². The minimum atomic E-state index is -0.114. The average Bonchev–Trinajstić information content (AvgIpc) is 2.37. The third kappa shape index (κ3) is 5.19. The Morgan fingerprint density at radius 2 is 2.00 bits per heavy atom. The Morgan fingerprint density at radius 1 is 1.33 bits per heavy atom. The topological polar surface area (TPSA) is 64.3 Å². The molecule has 0 bridgehead atoms. The summed E-state index contributed by atoms with van der Waals surface area (Å²) < 4.78 is 5.39. The van der Waals surface area contributed by atoms with E-state index in [1.165, 1.54) is 5.56 Å². The number of hydrogen-bond donors (Lipinski definition) is 2. The van der Waals surface area contributed by atoms with E-state index in [1.54, 1.807) is 0 Å². The minimum absolute atomic E-state index is 0.0472. The highest BCUT2D eigenvalue weighted by Crippen LogP contribution is 2.18. The number of benzene rings is 1. The highest BCUT2D eigenvalue weighted by Gasteiger charge is 2.03. The standard InChI is InChI=1S/C14H22N2O2/c1-11(2)12-4-6-13(7-5-12)18-10-14(17)16-9-3-8-15/h4-7,11H,3,8-10,15H2,1-2H3,(H,16,17). The zero-order chi connectivity index (χ0) is 13.4. The fourth-order valence-corrected chi connectivity index (χ4v) is 1.48. The number of carbonyl (C=O) groups excluding carboxylic acids is 1. The second-order valence-electron chi connectivity index (χ2n) is 4.50. The van der Waals surface area contributed by atoms with E-state index in [2.05, 4.69) is 19.2 Å². The summed E-state index contributed by atoms with van der Waals surface area (Å²) in [5, 5.41) is 2.74. The summed E-state index contributed by atoms with van der Waals surface area (Å²) in [5.41, 5.74) is 6.59. The van der Waals surface area contributed by atoms with E-state index in [0.717, 1.165) is 6.42 Å². The average molecular weight is 250 g/mol. The molecule has 0 aliphatic rings. The summed E-state index contributed by atoms with van der Waals surface area (Å²) in [7, 11) is 0. The largest absolute Gasteiger partial charge is 0.484 e. The first-order chi connectivity index (χ1) is 8.63. The van der Waals surface area contributed by atoms with Crippen LogP contribution in [-0.4, -0.2) is 25.6 Å². The Hall–Kier alpha value is -1.55. The van der Waals surface area contributed by atoms with Crippen LogP contribution in [0.1, 0.15) is 31.7 Å². The van der Waals surface area contributed by atoms with Crippen molar-refractivity contribution in [2.75, 3.05) is 19.7 Å². The van der Waals surface area contributed by atoms with Gasteiger partial charge in [0, 0.05) is 6.54 Å². The molecule has 0 spiro atoms. The van der Waals surface area contributed by atoms with Crippen molar-refractivity contribution >= 4 is 5.91 Å². The minimum Gasteiger partial charge on any atom is -0.484 e. The van der Waals surface area contributed by atoms with Gasteiger partial charge in [0.1, 0.15) is 5.75 Å². The molecule has 0 heterocycles. The second kappa shape index (κ2) is 7.71. The van der Waals surface area contributed by atoms with Crippen LogP contribution in [0.25, 0.3) is 0 Å². The lowest BCUT2D eigenvalue weighted by Crippen LogP contribution is -2.30. The zero-order valence-electron chi connectivity index (χ0n) is 11.1. The van der Waals surface area contributed by atoms with Crippen LogP contribution in [0.2, 0.25) is 0 Å². The van der Waals surface area contributed by atoms with Crippen molar-refractivity contribution in [1.29, 1.82) is 0 Å². The third-order valence-electron chi connectivity index (χ3n) is 2.62. The smallest absolute Gasteiger partial charge is 0.257 e. The quantitative estimate of drug-likeness (QED) is 0.723. The summed E-state index contributed by atoms with van der Waals surface area (Å²) in [6, 6.07) is 7.82. The van der Waals surface area contributed by atoms with Gasteiger partial charge in [0.15, 0.2) is 6.61 Å². The van der Waals surface area contributed by atoms with Gasteiger partial charge in [-0.3, -0.25) is 4.79 Å². The lowest BCUT2D eigenvalue weighted by molar-refractivity contribution is -0.123. The first kappa shape index (κ1) is 14.5. The van der Waals surface area contributed by atoms with Crippen molar-refractivity contribution in [3.05, 3.63) is 29.8 Å². The van der Waals surface area contributed by atoms with E-state index in [0.29, 0.717) is 24.8 Å². The Morgan fingerprint density at radius 3 is 2.56 bits per heavy atom. The van der Waals surface area contributed by atoms with Gasteiger partial charge in [0.25, 0.3) is 5.91 Å². The lowest BCUT2D eigenvalue weighted by atomic mass is 10.0. The zero-order valence-corrected chi connectivity index (χ0v) is 11.1. The summed E-state index contributed by atoms with van der Waals surface area (Å²) >= 11 is 0. The van der Waals surface area contributed by atoms with E-state index in [1.807, 2.05) is 24.3 Å². The van der Waals surface area contributed by atoms with Crippen LogP contribution in [0.5, 0.6) is 5.75 Å². The Kier molecular flexibility index (Phi) is 6.22. The van der Waals surface area contributed by atoms with E-state index in [-0.39, 0.29) is 12.5 Å². The molecule has 3 N–H and O–H groups in total. The molecule has 4 heteroatoms. The summed E-state index contributed by atoms with van der Waals surface area (Å²) in [6.07, 6.45) is 0.787. The SMILES string of the molecule is CC(C)c1ccc(OCC(=O)NCCCN)cc1. The van der Waals surface area contributed by atoms with Gasteiger partial charge in [-0.05, 0) is 36.6 Å². The molecule has 1 aromatic rings. The maximum absolute atomic E-state index is 11.4. The predicted octanol–water partition coefficient (Wildman–Crippen LogP) is 1.65. The molecule has 1 amide bonds. The number of rotatable bonds is 7. The number of amides is 1. The molecule has 100 valence electrons. The lowest BCUT2D eigenvalue weighted by Gasteiger charge is -2.09. The normalized spacial score (nSPS) is 10.4. The van der Waals surface area contributed by atoms with Gasteiger partial charge in [0.2, 0.25) is 0 Å². The molecular formula is C14H22N2O2. The molecular weight excluding hydrogens is 228 g/mol. The fraction of sp³-hybridized carbons (Fsp3) is 0.500. The van der Waals surface area contributed by atoms with Gasteiger partial charge in [0.05, 0.1) is 0 Å². The number of carbonyl (C=O) groups is 1. The van der Waals surface area contributed by atoms with Crippen LogP contribution >= 0.6 is 0 Å². The molecule has 0 fully saturated rings. The van der Waals surface area contributed by atoms with Crippen molar-refractivity contribution in [3.63, 3.8) is 0 Å². The van der Waals surface area contributed by atoms with Crippen LogP contribution in [-0.2, 0) is 4.79 Å². The first-order valence-corrected chi connectivity index (χ1v) is 6.33. The van der Waals surface area contributed by atoms with Crippen molar-refractivity contribution in [2.45, 2.75) is 26.2 Å². The molecule has 0 aliphatic heterocycles. The highest BCUT2D eigenvalue weighted by atomic mass is 16.5. The highest BCUT2D eigenvalue weighted by molar-refractivity contribution is 5.77. The number of nitrogens with one attached hydrogen (secondary N) is 1. The van der Waals surface area contributed by atoms with Crippen LogP contribution < -0.4 is 15.8 Å². The third-order valence-corrected chi connectivity index (χ3v) is 2.62. The second-order valence-corrected chi connectivity index (χ2v) is 4.50. The number of nitrogens with two attached hydrogens (primary N) is 1. The Bertz CT molecular complexity index is 361. The maximum Gasteiger partial charge on any atom is 0.257 e. The summed E-state index contributed by atoms with van der Waals surface area (Å²) in [4.78, 5) is 11.4. The fourth-order valence-electron chi connectivity index (χ4n) is 1.48. The van der Waals surface area contributed by atoms with Crippen molar-refractivity contribution in [2.24, 2.45) is 5.73 Å². The Balaban J connectivity index is 2.32. The molecule has 0 aromatic heterocycles. The van der Waals surface area contributed by atoms with Gasteiger partial charge in [-0.2, -0.15) is 0 Å². The van der Waals surface area contributed by atoms with Gasteiger partial charge in [-0.1, -0.05) is 26.0 Å². The number of ether oxygens (including phenoxy) is 1. The molecule has 18 heavy (non-hydrogen) atoms. The molecule has 0 radical (unpaired) electrons. The van der Waals surface area contributed by atoms with Crippen LogP contribution in [0.15, 0.2) is 24.3 Å². The number of hydrogen-bond acceptors (Lipinski definition) is 3. The van der Waals surface area contributed by atoms with E-state index < -0.39 is 0 Å². The van der Waals surface area contributed by atoms with Crippen LogP contribution in [0.3, 0.4) is 0 Å².